The van der Waals surface area contributed by atoms with Crippen molar-refractivity contribution < 1.29 is 27.7 Å². The smallest absolute Gasteiger partial charge is 0.247 e. The number of ether oxygens (including phenoxy) is 3. The molecule has 8 nitrogen and oxygen atoms in total. The number of hydrogen-bond acceptors (Lipinski definition) is 7. The lowest BCUT2D eigenvalue weighted by Gasteiger charge is -2.38. The van der Waals surface area contributed by atoms with Crippen LogP contribution in [0.4, 0.5) is 0 Å². The molecule has 1 fully saturated rings. The zero-order chi connectivity index (χ0) is 24.7. The predicted molar refractivity (Wildman–Crippen MR) is 130 cm³/mol. The van der Waals surface area contributed by atoms with Gasteiger partial charge in [0.05, 0.1) is 6.61 Å². The molecule has 0 aromatic heterocycles. The summed E-state index contributed by atoms with van der Waals surface area (Å²) in [6.07, 6.45) is 1.88. The standard InChI is InChI=1S/C25H38N2O6S/c1-19-15-27(20(2)18-28)34(29,30)25-8-7-21(6-5-11-31-4)14-23(25)33-24(19)17-26(3)16-22-9-12-32-13-10-22/h7-8,14,19-20,22,24,28H,9-13,15-18H2,1-4H3/t19-,20-,24-/m1/s1. The molecule has 0 saturated carbocycles. The van der Waals surface area contributed by atoms with Crippen LogP contribution in [0, 0.1) is 23.7 Å². The second-order valence-corrected chi connectivity index (χ2v) is 11.3. The summed E-state index contributed by atoms with van der Waals surface area (Å²) in [4.78, 5) is 2.38. The van der Waals surface area contributed by atoms with Crippen LogP contribution in [-0.4, -0.2) is 95.1 Å². The van der Waals surface area contributed by atoms with E-state index in [0.29, 0.717) is 23.8 Å². The van der Waals surface area contributed by atoms with Crippen LogP contribution in [0.5, 0.6) is 5.75 Å². The van der Waals surface area contributed by atoms with E-state index in [-0.39, 0.29) is 36.7 Å². The average Bonchev–Trinajstić information content (AvgIpc) is 2.81. The third kappa shape index (κ3) is 6.72. The second-order valence-electron chi connectivity index (χ2n) is 9.41. The third-order valence-corrected chi connectivity index (χ3v) is 8.54. The molecule has 0 unspecified atom stereocenters. The predicted octanol–water partition coefficient (Wildman–Crippen LogP) is 1.81. The molecule has 0 spiro atoms. The second kappa shape index (κ2) is 12.3. The molecule has 0 radical (unpaired) electrons. The summed E-state index contributed by atoms with van der Waals surface area (Å²) >= 11 is 0. The van der Waals surface area contributed by atoms with Gasteiger partial charge >= 0.3 is 0 Å². The number of sulfonamides is 1. The van der Waals surface area contributed by atoms with E-state index in [2.05, 4.69) is 23.8 Å². The quantitative estimate of drug-likeness (QED) is 0.579. The zero-order valence-electron chi connectivity index (χ0n) is 20.7. The molecular weight excluding hydrogens is 456 g/mol. The molecule has 9 heteroatoms. The summed E-state index contributed by atoms with van der Waals surface area (Å²) in [6, 6.07) is 4.39. The van der Waals surface area contributed by atoms with E-state index in [4.69, 9.17) is 14.2 Å². The monoisotopic (exact) mass is 494 g/mol. The largest absolute Gasteiger partial charge is 0.487 e. The first-order chi connectivity index (χ1) is 16.3. The van der Waals surface area contributed by atoms with E-state index in [1.54, 1.807) is 32.2 Å². The Kier molecular flexibility index (Phi) is 9.77. The van der Waals surface area contributed by atoms with Gasteiger partial charge in [0, 0.05) is 57.5 Å². The molecule has 0 aliphatic carbocycles. The van der Waals surface area contributed by atoms with Crippen LogP contribution in [0.3, 0.4) is 0 Å². The van der Waals surface area contributed by atoms with E-state index in [1.807, 2.05) is 6.92 Å². The van der Waals surface area contributed by atoms with Gasteiger partial charge in [0.2, 0.25) is 10.0 Å². The van der Waals surface area contributed by atoms with Crippen molar-refractivity contribution in [3.05, 3.63) is 23.8 Å². The van der Waals surface area contributed by atoms with Gasteiger partial charge in [-0.1, -0.05) is 18.8 Å². The number of aliphatic hydroxyl groups excluding tert-OH is 1. The molecule has 2 aliphatic heterocycles. The van der Waals surface area contributed by atoms with Crippen molar-refractivity contribution in [3.63, 3.8) is 0 Å². The molecule has 2 heterocycles. The van der Waals surface area contributed by atoms with E-state index in [1.165, 1.54) is 4.31 Å². The fraction of sp³-hybridized carbons (Fsp3) is 0.680. The minimum absolute atomic E-state index is 0.0858. The number of aliphatic hydroxyl groups is 1. The fourth-order valence-corrected chi connectivity index (χ4v) is 6.31. The molecule has 1 aromatic rings. The Morgan fingerprint density at radius 1 is 1.29 bits per heavy atom. The summed E-state index contributed by atoms with van der Waals surface area (Å²) in [5.74, 6) is 6.70. The minimum atomic E-state index is -3.86. The van der Waals surface area contributed by atoms with E-state index < -0.39 is 16.1 Å². The molecule has 3 rings (SSSR count). The summed E-state index contributed by atoms with van der Waals surface area (Å²) in [5.41, 5.74) is 0.662. The topological polar surface area (TPSA) is 88.5 Å². The Morgan fingerprint density at radius 3 is 2.71 bits per heavy atom. The normalized spacial score (nSPS) is 24.3. The van der Waals surface area contributed by atoms with Gasteiger partial charge in [-0.3, -0.25) is 0 Å². The van der Waals surface area contributed by atoms with Crippen LogP contribution >= 0.6 is 0 Å². The van der Waals surface area contributed by atoms with E-state index in [9.17, 15) is 13.5 Å². The van der Waals surface area contributed by atoms with Gasteiger partial charge < -0.3 is 24.2 Å². The van der Waals surface area contributed by atoms with Gasteiger partial charge in [0.25, 0.3) is 0 Å². The molecule has 1 N–H and O–H groups in total. The fourth-order valence-electron chi connectivity index (χ4n) is 4.48. The number of fused-ring (bicyclic) bond motifs is 1. The third-order valence-electron chi connectivity index (χ3n) is 6.52. The molecular formula is C25H38N2O6S. The lowest BCUT2D eigenvalue weighted by molar-refractivity contribution is 0.0402. The van der Waals surface area contributed by atoms with Crippen LogP contribution in [0.15, 0.2) is 23.1 Å². The van der Waals surface area contributed by atoms with Crippen LogP contribution in [-0.2, 0) is 19.5 Å². The van der Waals surface area contributed by atoms with Crippen LogP contribution in [0.2, 0.25) is 0 Å². The van der Waals surface area contributed by atoms with Crippen LogP contribution in [0.25, 0.3) is 0 Å². The van der Waals surface area contributed by atoms with Crippen molar-refractivity contribution in [2.75, 3.05) is 60.2 Å². The van der Waals surface area contributed by atoms with Crippen molar-refractivity contribution in [2.24, 2.45) is 11.8 Å². The SMILES string of the molecule is COCC#Cc1ccc2c(c1)O[C@H](CN(C)CC1CCOCC1)[C@H](C)CN([C@H](C)CO)S2(=O)=O. The number of hydrogen-bond donors (Lipinski definition) is 1. The zero-order valence-corrected chi connectivity index (χ0v) is 21.5. The lowest BCUT2D eigenvalue weighted by Crippen LogP contribution is -2.50. The lowest BCUT2D eigenvalue weighted by atomic mass is 9.98. The molecule has 2 aliphatic rings. The maximum absolute atomic E-state index is 13.5. The van der Waals surface area contributed by atoms with Gasteiger partial charge in [0.15, 0.2) is 0 Å². The molecule has 0 bridgehead atoms. The van der Waals surface area contributed by atoms with Gasteiger partial charge in [-0.05, 0) is 50.9 Å². The molecule has 1 saturated heterocycles. The number of methoxy groups -OCH3 is 1. The molecule has 0 amide bonds. The van der Waals surface area contributed by atoms with Crippen LogP contribution < -0.4 is 4.74 Å². The maximum Gasteiger partial charge on any atom is 0.247 e. The Balaban J connectivity index is 1.92. The van der Waals surface area contributed by atoms with Crippen molar-refractivity contribution in [1.29, 1.82) is 0 Å². The highest BCUT2D eigenvalue weighted by molar-refractivity contribution is 7.89. The Morgan fingerprint density at radius 2 is 2.03 bits per heavy atom. The number of likely N-dealkylation sites (N-methyl/N-ethyl adjacent to an activating group) is 1. The molecule has 34 heavy (non-hydrogen) atoms. The first kappa shape index (κ1) is 26.9. The highest BCUT2D eigenvalue weighted by Crippen LogP contribution is 2.34. The summed E-state index contributed by atoms with van der Waals surface area (Å²) in [5, 5.41) is 9.79. The minimum Gasteiger partial charge on any atom is -0.487 e. The summed E-state index contributed by atoms with van der Waals surface area (Å²) in [6.45, 7) is 7.26. The van der Waals surface area contributed by atoms with Gasteiger partial charge in [-0.25, -0.2) is 8.42 Å². The number of nitrogens with zero attached hydrogens (tertiary/aromatic N) is 2. The first-order valence-electron chi connectivity index (χ1n) is 11.9. The Hall–Kier alpha value is -1.67. The van der Waals surface area contributed by atoms with E-state index >= 15 is 0 Å². The molecule has 190 valence electrons. The highest BCUT2D eigenvalue weighted by Gasteiger charge is 2.38. The number of benzene rings is 1. The van der Waals surface area contributed by atoms with Gasteiger partial charge in [-0.2, -0.15) is 4.31 Å². The average molecular weight is 495 g/mol. The molecule has 3 atom stereocenters. The molecule has 1 aromatic carbocycles. The maximum atomic E-state index is 13.5. The highest BCUT2D eigenvalue weighted by atomic mass is 32.2. The van der Waals surface area contributed by atoms with Crippen molar-refractivity contribution >= 4 is 10.0 Å². The van der Waals surface area contributed by atoms with Gasteiger partial charge in [0.1, 0.15) is 23.4 Å². The first-order valence-corrected chi connectivity index (χ1v) is 13.4. The van der Waals surface area contributed by atoms with E-state index in [0.717, 1.165) is 32.6 Å². The van der Waals surface area contributed by atoms with Gasteiger partial charge in [-0.15, -0.1) is 0 Å². The van der Waals surface area contributed by atoms with Crippen molar-refractivity contribution in [1.82, 2.24) is 9.21 Å². The summed E-state index contributed by atoms with van der Waals surface area (Å²) < 4.78 is 45.4. The van der Waals surface area contributed by atoms with Crippen molar-refractivity contribution in [3.8, 4) is 17.6 Å². The Labute approximate surface area is 204 Å². The summed E-state index contributed by atoms with van der Waals surface area (Å²) in [7, 11) is -0.195. The number of rotatable bonds is 7. The van der Waals surface area contributed by atoms with Crippen LogP contribution in [0.1, 0.15) is 32.3 Å². The van der Waals surface area contributed by atoms with Crippen molar-refractivity contribution in [2.45, 2.75) is 43.7 Å². The Bertz CT molecular complexity index is 967.